The number of carbonyl (C=O) groups is 1. The highest BCUT2D eigenvalue weighted by Crippen LogP contribution is 2.28. The fourth-order valence-electron chi connectivity index (χ4n) is 2.68. The van der Waals surface area contributed by atoms with Crippen LogP contribution in [-0.2, 0) is 0 Å². The first-order chi connectivity index (χ1) is 14.1. The van der Waals surface area contributed by atoms with Crippen LogP contribution in [0.2, 0.25) is 0 Å². The topological polar surface area (TPSA) is 64.0 Å². The minimum absolute atomic E-state index is 0.345. The Morgan fingerprint density at radius 1 is 1.07 bits per heavy atom. The summed E-state index contributed by atoms with van der Waals surface area (Å²) in [5.74, 6) is 0.329. The molecule has 0 fully saturated rings. The summed E-state index contributed by atoms with van der Waals surface area (Å²) >= 11 is 0. The van der Waals surface area contributed by atoms with Crippen LogP contribution in [0.3, 0.4) is 0 Å². The maximum atomic E-state index is 12.3. The van der Waals surface area contributed by atoms with E-state index in [1.165, 1.54) is 12.7 Å². The molecule has 0 aliphatic rings. The number of aryl methyl sites for hydroxylation is 1. The number of anilines is 1. The van der Waals surface area contributed by atoms with Crippen LogP contribution in [0.5, 0.6) is 11.5 Å². The van der Waals surface area contributed by atoms with Gasteiger partial charge in [0, 0.05) is 18.9 Å². The molecule has 0 aliphatic heterocycles. The summed E-state index contributed by atoms with van der Waals surface area (Å²) in [4.78, 5) is 16.2. The molecule has 6 nitrogen and oxygen atoms in total. The Balaban J connectivity index is 1.76. The first-order valence-electron chi connectivity index (χ1n) is 9.29. The van der Waals surface area contributed by atoms with E-state index in [1.807, 2.05) is 30.1 Å². The molecule has 0 atom stereocenters. The molecule has 1 heterocycles. The van der Waals surface area contributed by atoms with E-state index in [-0.39, 0.29) is 0 Å². The molecule has 3 rings (SSSR count). The van der Waals surface area contributed by atoms with Crippen molar-refractivity contribution in [2.45, 2.75) is 13.8 Å². The van der Waals surface area contributed by atoms with Crippen molar-refractivity contribution in [1.29, 1.82) is 0 Å². The van der Waals surface area contributed by atoms with Gasteiger partial charge >= 0.3 is 5.97 Å². The van der Waals surface area contributed by atoms with Crippen LogP contribution in [0.25, 0.3) is 0 Å². The standard InChI is InChI=1S/C23H23N3O3/c1-4-26(20-8-5-17(2)6-9-20)25-16-18-7-10-21(22(15-18)28-3)29-23(27)19-11-13-24-14-12-19/h5-16H,4H2,1-3H3/b25-16-. The van der Waals surface area contributed by atoms with E-state index in [1.54, 1.807) is 42.9 Å². The van der Waals surface area contributed by atoms with E-state index < -0.39 is 5.97 Å². The van der Waals surface area contributed by atoms with Crippen LogP contribution in [0.4, 0.5) is 5.69 Å². The summed E-state index contributed by atoms with van der Waals surface area (Å²) in [6, 6.07) is 16.7. The summed E-state index contributed by atoms with van der Waals surface area (Å²) in [5.41, 5.74) is 3.47. The average molecular weight is 389 g/mol. The van der Waals surface area contributed by atoms with E-state index in [0.717, 1.165) is 17.8 Å². The van der Waals surface area contributed by atoms with Gasteiger partial charge in [-0.2, -0.15) is 5.10 Å². The Kier molecular flexibility index (Phi) is 6.58. The molecule has 0 spiro atoms. The van der Waals surface area contributed by atoms with Gasteiger partial charge in [0.25, 0.3) is 0 Å². The second-order valence-corrected chi connectivity index (χ2v) is 6.33. The predicted molar refractivity (Wildman–Crippen MR) is 114 cm³/mol. The van der Waals surface area contributed by atoms with Crippen molar-refractivity contribution in [1.82, 2.24) is 4.98 Å². The second kappa shape index (κ2) is 9.50. The van der Waals surface area contributed by atoms with Gasteiger partial charge in [-0.15, -0.1) is 0 Å². The zero-order valence-electron chi connectivity index (χ0n) is 16.7. The smallest absolute Gasteiger partial charge is 0.343 e. The summed E-state index contributed by atoms with van der Waals surface area (Å²) in [7, 11) is 1.53. The largest absolute Gasteiger partial charge is 0.493 e. The van der Waals surface area contributed by atoms with Crippen molar-refractivity contribution >= 4 is 17.9 Å². The Labute approximate surface area is 170 Å². The molecule has 0 bridgehead atoms. The van der Waals surface area contributed by atoms with Gasteiger partial charge in [-0.1, -0.05) is 17.7 Å². The first-order valence-corrected chi connectivity index (χ1v) is 9.29. The molecule has 0 N–H and O–H groups in total. The number of benzene rings is 2. The van der Waals surface area contributed by atoms with Crippen LogP contribution < -0.4 is 14.5 Å². The Morgan fingerprint density at radius 2 is 1.79 bits per heavy atom. The lowest BCUT2D eigenvalue weighted by atomic mass is 10.2. The number of hydrazone groups is 1. The first kappa shape index (κ1) is 20.1. The number of pyridine rings is 1. The average Bonchev–Trinajstić information content (AvgIpc) is 2.76. The minimum atomic E-state index is -0.469. The van der Waals surface area contributed by atoms with Gasteiger partial charge in [-0.3, -0.25) is 9.99 Å². The van der Waals surface area contributed by atoms with Crippen LogP contribution in [-0.4, -0.2) is 30.8 Å². The number of hydrogen-bond acceptors (Lipinski definition) is 6. The summed E-state index contributed by atoms with van der Waals surface area (Å²) in [6.07, 6.45) is 4.84. The molecular weight excluding hydrogens is 366 g/mol. The molecule has 0 aliphatic carbocycles. The number of esters is 1. The van der Waals surface area contributed by atoms with Crippen molar-refractivity contribution in [3.05, 3.63) is 83.7 Å². The molecular formula is C23H23N3O3. The normalized spacial score (nSPS) is 10.7. The Morgan fingerprint density at radius 3 is 2.45 bits per heavy atom. The van der Waals surface area contributed by atoms with Gasteiger partial charge in [0.2, 0.25) is 0 Å². The van der Waals surface area contributed by atoms with Crippen molar-refractivity contribution in [2.24, 2.45) is 5.10 Å². The minimum Gasteiger partial charge on any atom is -0.493 e. The van der Waals surface area contributed by atoms with E-state index in [0.29, 0.717) is 17.1 Å². The van der Waals surface area contributed by atoms with Crippen LogP contribution in [0, 0.1) is 6.92 Å². The Hall–Kier alpha value is -3.67. The lowest BCUT2D eigenvalue weighted by Crippen LogP contribution is -2.15. The van der Waals surface area contributed by atoms with Gasteiger partial charge in [-0.25, -0.2) is 4.79 Å². The molecule has 0 saturated heterocycles. The molecule has 0 radical (unpaired) electrons. The van der Waals surface area contributed by atoms with Crippen molar-refractivity contribution < 1.29 is 14.3 Å². The van der Waals surface area contributed by atoms with Crippen LogP contribution >= 0.6 is 0 Å². The molecule has 29 heavy (non-hydrogen) atoms. The van der Waals surface area contributed by atoms with Crippen LogP contribution in [0.15, 0.2) is 72.1 Å². The van der Waals surface area contributed by atoms with Gasteiger partial charge in [0.1, 0.15) is 0 Å². The lowest BCUT2D eigenvalue weighted by molar-refractivity contribution is 0.0729. The maximum absolute atomic E-state index is 12.3. The summed E-state index contributed by atoms with van der Waals surface area (Å²) in [6.45, 7) is 4.83. The quantitative estimate of drug-likeness (QED) is 0.258. The zero-order chi connectivity index (χ0) is 20.6. The predicted octanol–water partition coefficient (Wildman–Crippen LogP) is 4.48. The molecule has 2 aromatic carbocycles. The fourth-order valence-corrected chi connectivity index (χ4v) is 2.68. The molecule has 3 aromatic rings. The SMILES string of the molecule is CCN(/N=C\c1ccc(OC(=O)c2ccncc2)c(OC)c1)c1ccc(C)cc1. The number of methoxy groups -OCH3 is 1. The number of hydrogen-bond donors (Lipinski definition) is 0. The third kappa shape index (κ3) is 5.19. The van der Waals surface area contributed by atoms with Crippen molar-refractivity contribution in [3.63, 3.8) is 0 Å². The third-order valence-electron chi connectivity index (χ3n) is 4.28. The molecule has 0 amide bonds. The third-order valence-corrected chi connectivity index (χ3v) is 4.28. The van der Waals surface area contributed by atoms with E-state index >= 15 is 0 Å². The molecule has 6 heteroatoms. The fraction of sp³-hybridized carbons (Fsp3) is 0.174. The molecule has 148 valence electrons. The Bertz CT molecular complexity index is 986. The highest BCUT2D eigenvalue weighted by molar-refractivity contribution is 5.91. The highest BCUT2D eigenvalue weighted by atomic mass is 16.6. The van der Waals surface area contributed by atoms with Crippen molar-refractivity contribution in [2.75, 3.05) is 18.7 Å². The molecule has 0 unspecified atom stereocenters. The van der Waals surface area contributed by atoms with Gasteiger partial charge < -0.3 is 9.47 Å². The van der Waals surface area contributed by atoms with Crippen LogP contribution in [0.1, 0.15) is 28.4 Å². The second-order valence-electron chi connectivity index (χ2n) is 6.33. The van der Waals surface area contributed by atoms with Crippen molar-refractivity contribution in [3.8, 4) is 11.5 Å². The molecule has 1 aromatic heterocycles. The number of nitrogens with zero attached hydrogens (tertiary/aromatic N) is 3. The zero-order valence-corrected chi connectivity index (χ0v) is 16.7. The summed E-state index contributed by atoms with van der Waals surface area (Å²) in [5, 5.41) is 6.47. The number of rotatable bonds is 7. The highest BCUT2D eigenvalue weighted by Gasteiger charge is 2.12. The van der Waals surface area contributed by atoms with E-state index in [4.69, 9.17) is 9.47 Å². The lowest BCUT2D eigenvalue weighted by Gasteiger charge is -2.17. The number of carbonyl (C=O) groups excluding carboxylic acids is 1. The maximum Gasteiger partial charge on any atom is 0.343 e. The van der Waals surface area contributed by atoms with E-state index in [9.17, 15) is 4.79 Å². The molecule has 0 saturated carbocycles. The number of ether oxygens (including phenoxy) is 2. The van der Waals surface area contributed by atoms with Gasteiger partial charge in [0.05, 0.1) is 24.6 Å². The number of aromatic nitrogens is 1. The van der Waals surface area contributed by atoms with Gasteiger partial charge in [0.15, 0.2) is 11.5 Å². The monoisotopic (exact) mass is 389 g/mol. The van der Waals surface area contributed by atoms with Gasteiger partial charge in [-0.05, 0) is 61.9 Å². The summed E-state index contributed by atoms with van der Waals surface area (Å²) < 4.78 is 10.8. The van der Waals surface area contributed by atoms with E-state index in [2.05, 4.69) is 29.1 Å².